The van der Waals surface area contributed by atoms with Crippen molar-refractivity contribution in [3.8, 4) is 0 Å². The van der Waals surface area contributed by atoms with Gasteiger partial charge in [-0.15, -0.1) is 0 Å². The summed E-state index contributed by atoms with van der Waals surface area (Å²) in [5, 5.41) is 0.735. The quantitative estimate of drug-likeness (QED) is 0.652. The molecule has 1 saturated heterocycles. The molecule has 0 spiro atoms. The summed E-state index contributed by atoms with van der Waals surface area (Å²) in [5.74, 6) is 0. The molecule has 0 aliphatic carbocycles. The van der Waals surface area contributed by atoms with E-state index in [1.54, 1.807) is 0 Å². The molecule has 1 aromatic heterocycles. The number of para-hydroxylation sites is 1. The van der Waals surface area contributed by atoms with Crippen LogP contribution in [-0.4, -0.2) is 27.5 Å². The molecule has 2 aromatic carbocycles. The zero-order valence-corrected chi connectivity index (χ0v) is 15.0. The molecule has 0 atom stereocenters. The Morgan fingerprint density at radius 2 is 1.79 bits per heavy atom. The lowest BCUT2D eigenvalue weighted by molar-refractivity contribution is 0.181. The van der Waals surface area contributed by atoms with Gasteiger partial charge in [-0.3, -0.25) is 4.90 Å². The van der Waals surface area contributed by atoms with Crippen molar-refractivity contribution >= 4 is 34.9 Å². The lowest BCUT2D eigenvalue weighted by Gasteiger charge is -2.32. The van der Waals surface area contributed by atoms with Crippen molar-refractivity contribution in [1.82, 2.24) is 14.5 Å². The van der Waals surface area contributed by atoms with Crippen molar-refractivity contribution in [3.05, 3.63) is 63.9 Å². The zero-order valence-electron chi connectivity index (χ0n) is 13.4. The number of imidazole rings is 1. The van der Waals surface area contributed by atoms with Crippen molar-refractivity contribution in [1.29, 1.82) is 0 Å². The number of fused-ring (bicyclic) bond motifs is 1. The molecule has 2 heterocycles. The number of hydrogen-bond donors (Lipinski definition) is 1. The van der Waals surface area contributed by atoms with E-state index in [1.807, 2.05) is 12.1 Å². The molecular weight excluding hydrogens is 338 g/mol. The number of rotatable bonds is 3. The van der Waals surface area contributed by atoms with Gasteiger partial charge in [0.25, 0.3) is 0 Å². The van der Waals surface area contributed by atoms with Gasteiger partial charge in [0.15, 0.2) is 4.77 Å². The van der Waals surface area contributed by atoms with Gasteiger partial charge in [-0.2, -0.15) is 0 Å². The van der Waals surface area contributed by atoms with Gasteiger partial charge in [0.1, 0.15) is 0 Å². The van der Waals surface area contributed by atoms with Crippen LogP contribution in [0.25, 0.3) is 11.0 Å². The Hall–Kier alpha value is -1.62. The fraction of sp³-hybridized carbons (Fsp3) is 0.316. The van der Waals surface area contributed by atoms with Crippen LogP contribution in [0.15, 0.2) is 48.5 Å². The van der Waals surface area contributed by atoms with Crippen LogP contribution in [0.4, 0.5) is 0 Å². The third kappa shape index (κ3) is 3.02. The highest BCUT2D eigenvalue weighted by molar-refractivity contribution is 7.71. The average molecular weight is 358 g/mol. The molecule has 24 heavy (non-hydrogen) atoms. The molecule has 1 aliphatic heterocycles. The average Bonchev–Trinajstić information content (AvgIpc) is 2.94. The molecule has 5 heteroatoms. The molecule has 0 unspecified atom stereocenters. The van der Waals surface area contributed by atoms with Gasteiger partial charge < -0.3 is 9.55 Å². The summed E-state index contributed by atoms with van der Waals surface area (Å²) in [6.45, 7) is 3.21. The van der Waals surface area contributed by atoms with E-state index in [0.717, 1.165) is 53.3 Å². The number of aromatic nitrogens is 2. The Morgan fingerprint density at radius 1 is 1.04 bits per heavy atom. The van der Waals surface area contributed by atoms with E-state index in [0.29, 0.717) is 6.04 Å². The molecule has 3 aromatic rings. The van der Waals surface area contributed by atoms with Crippen molar-refractivity contribution < 1.29 is 0 Å². The molecule has 4 rings (SSSR count). The van der Waals surface area contributed by atoms with Crippen LogP contribution in [0.2, 0.25) is 5.02 Å². The molecule has 1 aliphatic rings. The Kier molecular flexibility index (Phi) is 4.44. The molecule has 1 N–H and O–H groups in total. The van der Waals surface area contributed by atoms with Crippen LogP contribution >= 0.6 is 23.8 Å². The van der Waals surface area contributed by atoms with Gasteiger partial charge in [0, 0.05) is 25.7 Å². The van der Waals surface area contributed by atoms with E-state index in [1.165, 1.54) is 5.56 Å². The third-order valence-electron chi connectivity index (χ3n) is 4.87. The van der Waals surface area contributed by atoms with Gasteiger partial charge in [0.05, 0.1) is 16.1 Å². The second-order valence-electron chi connectivity index (χ2n) is 6.43. The number of nitrogens with zero attached hydrogens (tertiary/aromatic N) is 2. The fourth-order valence-corrected chi connectivity index (χ4v) is 4.22. The van der Waals surface area contributed by atoms with Crippen molar-refractivity contribution in [2.24, 2.45) is 0 Å². The number of hydrogen-bond acceptors (Lipinski definition) is 2. The summed E-state index contributed by atoms with van der Waals surface area (Å²) in [4.78, 5) is 5.80. The fourth-order valence-electron chi connectivity index (χ4n) is 3.65. The van der Waals surface area contributed by atoms with E-state index in [-0.39, 0.29) is 0 Å². The molecular formula is C19H20ClN3S. The van der Waals surface area contributed by atoms with Gasteiger partial charge in [-0.1, -0.05) is 48.0 Å². The number of H-pyrrole nitrogens is 1. The van der Waals surface area contributed by atoms with Crippen LogP contribution in [0.3, 0.4) is 0 Å². The zero-order chi connectivity index (χ0) is 16.5. The molecule has 124 valence electrons. The largest absolute Gasteiger partial charge is 0.329 e. The third-order valence-corrected chi connectivity index (χ3v) is 5.49. The molecule has 0 bridgehead atoms. The van der Waals surface area contributed by atoms with E-state index < -0.39 is 0 Å². The second-order valence-corrected chi connectivity index (χ2v) is 7.22. The molecule has 0 saturated carbocycles. The normalized spacial score (nSPS) is 16.7. The van der Waals surface area contributed by atoms with E-state index in [2.05, 4.69) is 50.8 Å². The SMILES string of the molecule is S=c1[nH]c2c(Cl)cccc2n1C1CCN(Cc2ccccc2)CC1. The minimum Gasteiger partial charge on any atom is -0.329 e. The summed E-state index contributed by atoms with van der Waals surface area (Å²) >= 11 is 11.9. The summed E-state index contributed by atoms with van der Waals surface area (Å²) in [5.41, 5.74) is 3.45. The first-order valence-corrected chi connectivity index (χ1v) is 9.16. The van der Waals surface area contributed by atoms with Crippen LogP contribution in [-0.2, 0) is 6.54 Å². The van der Waals surface area contributed by atoms with Crippen molar-refractivity contribution in [3.63, 3.8) is 0 Å². The minimum atomic E-state index is 0.441. The Bertz CT molecular complexity index is 892. The number of likely N-dealkylation sites (tertiary alicyclic amines) is 1. The van der Waals surface area contributed by atoms with Crippen LogP contribution in [0.1, 0.15) is 24.4 Å². The van der Waals surface area contributed by atoms with Crippen LogP contribution < -0.4 is 0 Å². The first-order valence-electron chi connectivity index (χ1n) is 8.37. The number of nitrogens with one attached hydrogen (secondary N) is 1. The lowest BCUT2D eigenvalue weighted by Crippen LogP contribution is -2.34. The van der Waals surface area contributed by atoms with E-state index >= 15 is 0 Å². The maximum absolute atomic E-state index is 6.30. The van der Waals surface area contributed by atoms with Gasteiger partial charge in [-0.05, 0) is 42.8 Å². The monoisotopic (exact) mass is 357 g/mol. The van der Waals surface area contributed by atoms with E-state index in [9.17, 15) is 0 Å². The standard InChI is InChI=1S/C19H20ClN3S/c20-16-7-4-8-17-18(16)21-19(24)23(17)15-9-11-22(12-10-15)13-14-5-2-1-3-6-14/h1-8,15H,9-13H2,(H,21,24). The second kappa shape index (κ2) is 6.71. The lowest BCUT2D eigenvalue weighted by atomic mass is 10.0. The van der Waals surface area contributed by atoms with Crippen molar-refractivity contribution in [2.45, 2.75) is 25.4 Å². The summed E-state index contributed by atoms with van der Waals surface area (Å²) in [6, 6.07) is 17.1. The highest BCUT2D eigenvalue weighted by Crippen LogP contribution is 2.30. The maximum Gasteiger partial charge on any atom is 0.178 e. The Labute approximate surface area is 151 Å². The smallest absolute Gasteiger partial charge is 0.178 e. The molecule has 0 amide bonds. The summed E-state index contributed by atoms with van der Waals surface area (Å²) in [7, 11) is 0. The number of aromatic amines is 1. The van der Waals surface area contributed by atoms with Gasteiger partial charge in [0.2, 0.25) is 0 Å². The maximum atomic E-state index is 6.30. The Morgan fingerprint density at radius 3 is 2.54 bits per heavy atom. The molecule has 3 nitrogen and oxygen atoms in total. The Balaban J connectivity index is 1.51. The number of halogens is 1. The number of piperidine rings is 1. The van der Waals surface area contributed by atoms with E-state index in [4.69, 9.17) is 23.8 Å². The first-order chi connectivity index (χ1) is 11.7. The summed E-state index contributed by atoms with van der Waals surface area (Å²) in [6.07, 6.45) is 2.22. The van der Waals surface area contributed by atoms with Crippen LogP contribution in [0.5, 0.6) is 0 Å². The minimum absolute atomic E-state index is 0.441. The first kappa shape index (κ1) is 15.9. The summed E-state index contributed by atoms with van der Waals surface area (Å²) < 4.78 is 3.04. The van der Waals surface area contributed by atoms with Crippen molar-refractivity contribution in [2.75, 3.05) is 13.1 Å². The highest BCUT2D eigenvalue weighted by Gasteiger charge is 2.23. The van der Waals surface area contributed by atoms with Crippen LogP contribution in [0, 0.1) is 4.77 Å². The van der Waals surface area contributed by atoms with Gasteiger partial charge >= 0.3 is 0 Å². The highest BCUT2D eigenvalue weighted by atomic mass is 35.5. The van der Waals surface area contributed by atoms with Gasteiger partial charge in [-0.25, -0.2) is 0 Å². The predicted octanol–water partition coefficient (Wildman–Crippen LogP) is 5.19. The molecule has 0 radical (unpaired) electrons. The topological polar surface area (TPSA) is 24.0 Å². The predicted molar refractivity (Wildman–Crippen MR) is 102 cm³/mol. The molecule has 1 fully saturated rings. The number of benzene rings is 2.